The lowest BCUT2D eigenvalue weighted by Gasteiger charge is -2.13. The summed E-state index contributed by atoms with van der Waals surface area (Å²) in [7, 11) is 1.48. The average Bonchev–Trinajstić information content (AvgIpc) is 2.29. The summed E-state index contributed by atoms with van der Waals surface area (Å²) in [4.78, 5) is 0. The Bertz CT molecular complexity index is 341. The molecule has 0 aromatic heterocycles. The molecule has 1 atom stereocenters. The zero-order valence-electron chi connectivity index (χ0n) is 10.9. The van der Waals surface area contributed by atoms with Gasteiger partial charge in [-0.3, -0.25) is 0 Å². The first-order valence-corrected chi connectivity index (χ1v) is 6.20. The van der Waals surface area contributed by atoms with Gasteiger partial charge in [0.1, 0.15) is 0 Å². The molecule has 2 nitrogen and oxygen atoms in total. The third-order valence-corrected chi connectivity index (χ3v) is 2.72. The van der Waals surface area contributed by atoms with Crippen molar-refractivity contribution in [3.05, 3.63) is 29.6 Å². The van der Waals surface area contributed by atoms with Crippen LogP contribution in [0.1, 0.15) is 25.8 Å². The van der Waals surface area contributed by atoms with Crippen molar-refractivity contribution in [2.75, 3.05) is 20.2 Å². The molecule has 1 aromatic carbocycles. The first kappa shape index (κ1) is 14.0. The van der Waals surface area contributed by atoms with Gasteiger partial charge in [0.15, 0.2) is 11.6 Å². The predicted molar refractivity (Wildman–Crippen MR) is 69.0 cm³/mol. The summed E-state index contributed by atoms with van der Waals surface area (Å²) in [5, 5.41) is 3.37. The SMILES string of the molecule is CCCNCC(C)Cc1ccc(OC)c(F)c1. The van der Waals surface area contributed by atoms with Gasteiger partial charge in [-0.2, -0.15) is 0 Å². The Hall–Kier alpha value is -1.09. The highest BCUT2D eigenvalue weighted by molar-refractivity contribution is 5.29. The molecule has 0 heterocycles. The zero-order chi connectivity index (χ0) is 12.7. The molecular formula is C14H22FNO. The van der Waals surface area contributed by atoms with Gasteiger partial charge in [-0.25, -0.2) is 4.39 Å². The molecule has 0 aliphatic rings. The van der Waals surface area contributed by atoms with E-state index in [4.69, 9.17) is 4.74 Å². The van der Waals surface area contributed by atoms with Gasteiger partial charge in [0.05, 0.1) is 7.11 Å². The van der Waals surface area contributed by atoms with E-state index in [9.17, 15) is 4.39 Å². The maximum Gasteiger partial charge on any atom is 0.165 e. The molecule has 0 amide bonds. The van der Waals surface area contributed by atoms with E-state index in [1.807, 2.05) is 6.07 Å². The molecule has 0 saturated heterocycles. The van der Waals surface area contributed by atoms with E-state index in [-0.39, 0.29) is 5.82 Å². The highest BCUT2D eigenvalue weighted by Gasteiger charge is 2.07. The maximum absolute atomic E-state index is 13.5. The van der Waals surface area contributed by atoms with Gasteiger partial charge < -0.3 is 10.1 Å². The molecule has 1 unspecified atom stereocenters. The largest absolute Gasteiger partial charge is 0.494 e. The lowest BCUT2D eigenvalue weighted by atomic mass is 10.0. The third-order valence-electron chi connectivity index (χ3n) is 2.72. The summed E-state index contributed by atoms with van der Waals surface area (Å²) in [6.07, 6.45) is 2.03. The first-order chi connectivity index (χ1) is 8.17. The molecule has 0 radical (unpaired) electrons. The molecular weight excluding hydrogens is 217 g/mol. The second-order valence-electron chi connectivity index (χ2n) is 4.48. The molecule has 1 aromatic rings. The molecule has 0 bridgehead atoms. The summed E-state index contributed by atoms with van der Waals surface area (Å²) in [6.45, 7) is 6.34. The van der Waals surface area contributed by atoms with Crippen LogP contribution in [0.4, 0.5) is 4.39 Å². The van der Waals surface area contributed by atoms with E-state index in [0.29, 0.717) is 11.7 Å². The zero-order valence-corrected chi connectivity index (χ0v) is 10.9. The lowest BCUT2D eigenvalue weighted by Crippen LogP contribution is -2.23. The number of hydrogen-bond acceptors (Lipinski definition) is 2. The Labute approximate surface area is 103 Å². The van der Waals surface area contributed by atoms with Crippen LogP contribution in [-0.4, -0.2) is 20.2 Å². The molecule has 0 aliphatic heterocycles. The lowest BCUT2D eigenvalue weighted by molar-refractivity contribution is 0.385. The minimum absolute atomic E-state index is 0.279. The molecule has 17 heavy (non-hydrogen) atoms. The normalized spacial score (nSPS) is 12.5. The van der Waals surface area contributed by atoms with E-state index in [0.717, 1.165) is 31.5 Å². The fraction of sp³-hybridized carbons (Fsp3) is 0.571. The number of methoxy groups -OCH3 is 1. The highest BCUT2D eigenvalue weighted by Crippen LogP contribution is 2.19. The standard InChI is InChI=1S/C14H22FNO/c1-4-7-16-10-11(2)8-12-5-6-14(17-3)13(15)9-12/h5-6,9,11,16H,4,7-8,10H2,1-3H3. The van der Waals surface area contributed by atoms with E-state index in [2.05, 4.69) is 19.2 Å². The summed E-state index contributed by atoms with van der Waals surface area (Å²) in [5.74, 6) is 0.540. The Kier molecular flexibility index (Phi) is 5.98. The Balaban J connectivity index is 2.48. The molecule has 0 spiro atoms. The monoisotopic (exact) mass is 239 g/mol. The predicted octanol–water partition coefficient (Wildman–Crippen LogP) is 3.01. The fourth-order valence-corrected chi connectivity index (χ4v) is 1.84. The minimum atomic E-state index is -0.279. The second kappa shape index (κ2) is 7.28. The van der Waals surface area contributed by atoms with E-state index < -0.39 is 0 Å². The van der Waals surface area contributed by atoms with E-state index in [1.54, 1.807) is 12.1 Å². The molecule has 1 N–H and O–H groups in total. The van der Waals surface area contributed by atoms with Crippen LogP contribution in [0.25, 0.3) is 0 Å². The third kappa shape index (κ3) is 4.73. The smallest absolute Gasteiger partial charge is 0.165 e. The van der Waals surface area contributed by atoms with Crippen LogP contribution in [0.5, 0.6) is 5.75 Å². The van der Waals surface area contributed by atoms with Crippen LogP contribution in [0.3, 0.4) is 0 Å². The molecule has 96 valence electrons. The summed E-state index contributed by atoms with van der Waals surface area (Å²) < 4.78 is 18.4. The summed E-state index contributed by atoms with van der Waals surface area (Å²) >= 11 is 0. The summed E-state index contributed by atoms with van der Waals surface area (Å²) in [5.41, 5.74) is 1.02. The molecule has 3 heteroatoms. The Morgan fingerprint density at radius 2 is 2.18 bits per heavy atom. The maximum atomic E-state index is 13.5. The van der Waals surface area contributed by atoms with Crippen LogP contribution in [0, 0.1) is 11.7 Å². The highest BCUT2D eigenvalue weighted by atomic mass is 19.1. The van der Waals surface area contributed by atoms with Crippen LogP contribution in [0.2, 0.25) is 0 Å². The number of rotatable bonds is 7. The first-order valence-electron chi connectivity index (χ1n) is 6.20. The van der Waals surface area contributed by atoms with E-state index >= 15 is 0 Å². The van der Waals surface area contributed by atoms with Crippen molar-refractivity contribution < 1.29 is 9.13 Å². The van der Waals surface area contributed by atoms with Crippen molar-refractivity contribution in [2.45, 2.75) is 26.7 Å². The van der Waals surface area contributed by atoms with Crippen molar-refractivity contribution in [3.63, 3.8) is 0 Å². The Morgan fingerprint density at radius 3 is 2.76 bits per heavy atom. The molecule has 0 aliphatic carbocycles. The van der Waals surface area contributed by atoms with Crippen LogP contribution >= 0.6 is 0 Å². The average molecular weight is 239 g/mol. The van der Waals surface area contributed by atoms with Crippen molar-refractivity contribution >= 4 is 0 Å². The van der Waals surface area contributed by atoms with Crippen molar-refractivity contribution in [2.24, 2.45) is 5.92 Å². The second-order valence-corrected chi connectivity index (χ2v) is 4.48. The van der Waals surface area contributed by atoms with Crippen LogP contribution in [-0.2, 0) is 6.42 Å². The van der Waals surface area contributed by atoms with Gasteiger partial charge in [0.2, 0.25) is 0 Å². The minimum Gasteiger partial charge on any atom is -0.494 e. The number of benzene rings is 1. The topological polar surface area (TPSA) is 21.3 Å². The van der Waals surface area contributed by atoms with Gasteiger partial charge in [-0.15, -0.1) is 0 Å². The Morgan fingerprint density at radius 1 is 1.41 bits per heavy atom. The van der Waals surface area contributed by atoms with Gasteiger partial charge in [0, 0.05) is 0 Å². The molecule has 0 saturated carbocycles. The molecule has 0 fully saturated rings. The van der Waals surface area contributed by atoms with Gasteiger partial charge in [0.25, 0.3) is 0 Å². The van der Waals surface area contributed by atoms with Crippen LogP contribution in [0.15, 0.2) is 18.2 Å². The van der Waals surface area contributed by atoms with E-state index in [1.165, 1.54) is 7.11 Å². The van der Waals surface area contributed by atoms with Gasteiger partial charge in [-0.05, 0) is 49.5 Å². The van der Waals surface area contributed by atoms with Crippen molar-refractivity contribution in [1.29, 1.82) is 0 Å². The number of nitrogens with one attached hydrogen (secondary N) is 1. The van der Waals surface area contributed by atoms with Crippen LogP contribution < -0.4 is 10.1 Å². The number of hydrogen-bond donors (Lipinski definition) is 1. The quantitative estimate of drug-likeness (QED) is 0.738. The molecule has 1 rings (SSSR count). The van der Waals surface area contributed by atoms with Gasteiger partial charge in [-0.1, -0.05) is 19.9 Å². The number of ether oxygens (including phenoxy) is 1. The van der Waals surface area contributed by atoms with Crippen molar-refractivity contribution in [3.8, 4) is 5.75 Å². The number of halogens is 1. The summed E-state index contributed by atoms with van der Waals surface area (Å²) in [6, 6.07) is 5.18. The van der Waals surface area contributed by atoms with Gasteiger partial charge >= 0.3 is 0 Å². The van der Waals surface area contributed by atoms with Crippen molar-refractivity contribution in [1.82, 2.24) is 5.32 Å². The fourth-order valence-electron chi connectivity index (χ4n) is 1.84.